The van der Waals surface area contributed by atoms with E-state index in [4.69, 9.17) is 9.47 Å². The van der Waals surface area contributed by atoms with E-state index in [-0.39, 0.29) is 24.3 Å². The molecule has 1 saturated heterocycles. The number of hydrogen-bond acceptors (Lipinski definition) is 8. The number of fused-ring (bicyclic) bond motifs is 1. The van der Waals surface area contributed by atoms with Gasteiger partial charge in [0.05, 0.1) is 33.0 Å². The molecule has 1 aliphatic rings. The lowest BCUT2D eigenvalue weighted by Crippen LogP contribution is -2.47. The van der Waals surface area contributed by atoms with Crippen molar-refractivity contribution in [1.82, 2.24) is 19.1 Å². The van der Waals surface area contributed by atoms with Crippen LogP contribution in [0.5, 0.6) is 5.75 Å². The van der Waals surface area contributed by atoms with Crippen molar-refractivity contribution >= 4 is 22.8 Å². The number of methoxy groups -OCH3 is 1. The van der Waals surface area contributed by atoms with Gasteiger partial charge in [-0.25, -0.2) is 4.79 Å². The Bertz CT molecular complexity index is 1250. The molecule has 4 rings (SSSR count). The van der Waals surface area contributed by atoms with Crippen molar-refractivity contribution in [3.8, 4) is 5.75 Å². The molecule has 182 valence electrons. The molecule has 1 atom stereocenters. The van der Waals surface area contributed by atoms with E-state index in [0.29, 0.717) is 25.6 Å². The Morgan fingerprint density at radius 3 is 2.50 bits per heavy atom. The third-order valence-electron chi connectivity index (χ3n) is 5.93. The van der Waals surface area contributed by atoms with Gasteiger partial charge in [0.1, 0.15) is 5.75 Å². The number of rotatable bonds is 9. The highest BCUT2D eigenvalue weighted by Crippen LogP contribution is 2.24. The van der Waals surface area contributed by atoms with Crippen LogP contribution in [0.15, 0.2) is 46.5 Å². The van der Waals surface area contributed by atoms with E-state index in [1.807, 2.05) is 24.3 Å². The molecular weight excluding hydrogens is 440 g/mol. The van der Waals surface area contributed by atoms with Crippen LogP contribution in [0.3, 0.4) is 0 Å². The first-order valence-electron chi connectivity index (χ1n) is 11.1. The minimum absolute atomic E-state index is 0.0834. The quantitative estimate of drug-likeness (QED) is 0.339. The van der Waals surface area contributed by atoms with Crippen LogP contribution in [0.1, 0.15) is 0 Å². The van der Waals surface area contributed by atoms with Gasteiger partial charge in [0.25, 0.3) is 5.56 Å². The number of anilines is 2. The zero-order valence-electron chi connectivity index (χ0n) is 19.4. The second-order valence-corrected chi connectivity index (χ2v) is 8.16. The zero-order chi connectivity index (χ0) is 24.2. The van der Waals surface area contributed by atoms with E-state index in [1.165, 1.54) is 4.57 Å². The van der Waals surface area contributed by atoms with Crippen LogP contribution in [-0.2, 0) is 18.3 Å². The van der Waals surface area contributed by atoms with Gasteiger partial charge in [0, 0.05) is 38.9 Å². The van der Waals surface area contributed by atoms with E-state index >= 15 is 0 Å². The van der Waals surface area contributed by atoms with Crippen LogP contribution in [0.4, 0.5) is 11.6 Å². The molecule has 1 aromatic carbocycles. The summed E-state index contributed by atoms with van der Waals surface area (Å²) >= 11 is 0. The average Bonchev–Trinajstić information content (AvgIpc) is 3.22. The van der Waals surface area contributed by atoms with E-state index in [1.54, 1.807) is 24.8 Å². The predicted octanol–water partition coefficient (Wildman–Crippen LogP) is 0.322. The van der Waals surface area contributed by atoms with Gasteiger partial charge in [0.15, 0.2) is 11.2 Å². The molecule has 0 aliphatic carbocycles. The number of aliphatic hydroxyl groups excluding tert-OH is 1. The Labute approximate surface area is 196 Å². The number of nitrogens with zero attached hydrogens (tertiary/aromatic N) is 5. The summed E-state index contributed by atoms with van der Waals surface area (Å²) in [6.45, 7) is 6.90. The van der Waals surface area contributed by atoms with Crippen molar-refractivity contribution in [3.05, 3.63) is 57.8 Å². The van der Waals surface area contributed by atoms with Gasteiger partial charge < -0.3 is 28.9 Å². The number of H-pyrrole nitrogens is 1. The molecule has 0 radical (unpaired) electrons. The molecule has 2 aromatic heterocycles. The van der Waals surface area contributed by atoms with E-state index in [2.05, 4.69) is 26.3 Å². The second kappa shape index (κ2) is 10.1. The van der Waals surface area contributed by atoms with Crippen LogP contribution in [0, 0.1) is 0 Å². The van der Waals surface area contributed by atoms with Gasteiger partial charge in [-0.15, -0.1) is 6.58 Å². The predicted molar refractivity (Wildman–Crippen MR) is 130 cm³/mol. The summed E-state index contributed by atoms with van der Waals surface area (Å²) in [5, 5.41) is 10.6. The number of aliphatic hydroxyl groups is 1. The van der Waals surface area contributed by atoms with Crippen molar-refractivity contribution in [2.45, 2.75) is 12.6 Å². The highest BCUT2D eigenvalue weighted by Gasteiger charge is 2.26. The van der Waals surface area contributed by atoms with Crippen LogP contribution in [0.2, 0.25) is 0 Å². The minimum Gasteiger partial charge on any atom is -0.497 e. The summed E-state index contributed by atoms with van der Waals surface area (Å²) in [6, 6.07) is 7.92. The molecule has 2 N–H and O–H groups in total. The summed E-state index contributed by atoms with van der Waals surface area (Å²) in [5.41, 5.74) is 0.557. The van der Waals surface area contributed by atoms with Gasteiger partial charge >= 0.3 is 5.69 Å². The standard InChI is InChI=1S/C23H30N6O5/c1-4-13-34-15-17(30)14-29-19-20(26(2)23(32)25-21(19)31)24-22(29)28-11-9-27(10-12-28)16-5-7-18(33-3)8-6-16/h4-8,17,30H,1,9-15H2,2-3H3,(H,25,31,32)/t17-/m1/s1. The van der Waals surface area contributed by atoms with Crippen LogP contribution in [0.25, 0.3) is 11.2 Å². The van der Waals surface area contributed by atoms with Crippen molar-refractivity contribution in [3.63, 3.8) is 0 Å². The maximum Gasteiger partial charge on any atom is 0.329 e. The van der Waals surface area contributed by atoms with Gasteiger partial charge in [-0.2, -0.15) is 4.98 Å². The molecule has 0 spiro atoms. The minimum atomic E-state index is -0.867. The van der Waals surface area contributed by atoms with Gasteiger partial charge in [0.2, 0.25) is 5.95 Å². The maximum atomic E-state index is 12.7. The van der Waals surface area contributed by atoms with Crippen molar-refractivity contribution in [1.29, 1.82) is 0 Å². The number of hydrogen-bond donors (Lipinski definition) is 2. The molecule has 0 amide bonds. The number of aromatic nitrogens is 4. The maximum absolute atomic E-state index is 12.7. The smallest absolute Gasteiger partial charge is 0.329 e. The van der Waals surface area contributed by atoms with Gasteiger partial charge in [-0.05, 0) is 24.3 Å². The lowest BCUT2D eigenvalue weighted by Gasteiger charge is -2.37. The number of aromatic amines is 1. The fourth-order valence-corrected chi connectivity index (χ4v) is 4.15. The fraction of sp³-hybridized carbons (Fsp3) is 0.435. The summed E-state index contributed by atoms with van der Waals surface area (Å²) in [6.07, 6.45) is 0.737. The monoisotopic (exact) mass is 470 g/mol. The van der Waals surface area contributed by atoms with Crippen molar-refractivity contribution in [2.24, 2.45) is 7.05 Å². The first-order chi connectivity index (χ1) is 16.4. The zero-order valence-corrected chi connectivity index (χ0v) is 19.4. The van der Waals surface area contributed by atoms with Crippen LogP contribution in [-0.4, -0.2) is 76.8 Å². The van der Waals surface area contributed by atoms with E-state index < -0.39 is 17.4 Å². The Morgan fingerprint density at radius 1 is 1.18 bits per heavy atom. The van der Waals surface area contributed by atoms with Gasteiger partial charge in [-0.3, -0.25) is 14.3 Å². The number of ether oxygens (including phenoxy) is 2. The average molecular weight is 471 g/mol. The molecule has 3 aromatic rings. The number of nitrogens with one attached hydrogen (secondary N) is 1. The molecule has 11 nitrogen and oxygen atoms in total. The SMILES string of the molecule is C=CCOC[C@H](O)Cn1c(N2CCN(c3ccc(OC)cc3)CC2)nc2c1c(=O)[nH]c(=O)n2C. The normalized spacial score (nSPS) is 15.0. The fourth-order valence-electron chi connectivity index (χ4n) is 4.15. The molecular formula is C23H30N6O5. The van der Waals surface area contributed by atoms with Gasteiger partial charge in [-0.1, -0.05) is 6.08 Å². The summed E-state index contributed by atoms with van der Waals surface area (Å²) < 4.78 is 13.6. The highest BCUT2D eigenvalue weighted by atomic mass is 16.5. The Kier molecular flexibility index (Phi) is 7.03. The number of imidazole rings is 1. The number of aryl methyl sites for hydroxylation is 1. The summed E-state index contributed by atoms with van der Waals surface area (Å²) in [4.78, 5) is 36.2. The molecule has 0 saturated carbocycles. The first kappa shape index (κ1) is 23.6. The highest BCUT2D eigenvalue weighted by molar-refractivity contribution is 5.74. The largest absolute Gasteiger partial charge is 0.497 e. The Balaban J connectivity index is 1.61. The van der Waals surface area contributed by atoms with E-state index in [9.17, 15) is 14.7 Å². The Morgan fingerprint density at radius 2 is 1.85 bits per heavy atom. The lowest BCUT2D eigenvalue weighted by atomic mass is 10.2. The first-order valence-corrected chi connectivity index (χ1v) is 11.1. The summed E-state index contributed by atoms with van der Waals surface area (Å²) in [5.74, 6) is 1.35. The molecule has 34 heavy (non-hydrogen) atoms. The van der Waals surface area contributed by atoms with Crippen LogP contribution >= 0.6 is 0 Å². The van der Waals surface area contributed by atoms with Crippen LogP contribution < -0.4 is 25.8 Å². The van der Waals surface area contributed by atoms with Crippen molar-refractivity contribution < 1.29 is 14.6 Å². The lowest BCUT2D eigenvalue weighted by molar-refractivity contribution is 0.0404. The molecule has 0 unspecified atom stereocenters. The molecule has 0 bridgehead atoms. The number of benzene rings is 1. The second-order valence-electron chi connectivity index (χ2n) is 8.16. The third-order valence-corrected chi connectivity index (χ3v) is 5.93. The topological polar surface area (TPSA) is 118 Å². The summed E-state index contributed by atoms with van der Waals surface area (Å²) in [7, 11) is 3.20. The Hall–Kier alpha value is -3.57. The molecule has 3 heterocycles. The third kappa shape index (κ3) is 4.70. The van der Waals surface area contributed by atoms with Crippen molar-refractivity contribution in [2.75, 3.05) is 56.3 Å². The molecule has 11 heteroatoms. The molecule has 1 aliphatic heterocycles. The van der Waals surface area contributed by atoms with E-state index in [0.717, 1.165) is 24.5 Å². The number of piperazine rings is 1. The molecule has 1 fully saturated rings.